The number of aromatic nitrogens is 2. The second kappa shape index (κ2) is 7.32. The van der Waals surface area contributed by atoms with E-state index in [2.05, 4.69) is 15.3 Å². The number of nitrogens with one attached hydrogen (secondary N) is 1. The first-order valence-corrected chi connectivity index (χ1v) is 6.58. The lowest BCUT2D eigenvalue weighted by Crippen LogP contribution is -2.11. The molecule has 0 radical (unpaired) electrons. The van der Waals surface area contributed by atoms with Crippen molar-refractivity contribution in [2.75, 3.05) is 25.6 Å². The third-order valence-corrected chi connectivity index (χ3v) is 2.81. The first kappa shape index (κ1) is 15.6. The Bertz CT molecular complexity index is 646. The topological polar surface area (TPSA) is 99.4 Å². The van der Waals surface area contributed by atoms with Crippen LogP contribution < -0.4 is 10.1 Å². The Kier molecular flexibility index (Phi) is 5.21. The van der Waals surface area contributed by atoms with Crippen LogP contribution in [0.15, 0.2) is 30.6 Å². The van der Waals surface area contributed by atoms with Crippen LogP contribution >= 0.6 is 0 Å². The predicted octanol–water partition coefficient (Wildman–Crippen LogP) is 2.54. The number of ether oxygens (including phenoxy) is 2. The molecule has 1 aromatic heterocycles. The van der Waals surface area contributed by atoms with Crippen molar-refractivity contribution in [3.63, 3.8) is 0 Å². The normalized spacial score (nSPS) is 10.3. The summed E-state index contributed by atoms with van der Waals surface area (Å²) in [5.74, 6) is 0.457. The lowest BCUT2D eigenvalue weighted by Gasteiger charge is -2.09. The predicted molar refractivity (Wildman–Crippen MR) is 80.3 cm³/mol. The molecule has 0 saturated carbocycles. The number of methoxy groups -OCH3 is 1. The minimum atomic E-state index is -0.571. The number of anilines is 1. The molecule has 0 spiro atoms. The highest BCUT2D eigenvalue weighted by atomic mass is 16.6. The summed E-state index contributed by atoms with van der Waals surface area (Å²) in [5, 5.41) is 14.1. The zero-order chi connectivity index (χ0) is 15.9. The van der Waals surface area contributed by atoms with E-state index in [1.807, 2.05) is 19.1 Å². The summed E-state index contributed by atoms with van der Waals surface area (Å²) >= 11 is 0. The summed E-state index contributed by atoms with van der Waals surface area (Å²) in [6, 6.07) is 7.14. The lowest BCUT2D eigenvalue weighted by atomic mass is 10.2. The van der Waals surface area contributed by atoms with Crippen LogP contribution in [0, 0.1) is 17.0 Å². The number of aryl methyl sites for hydroxylation is 1. The highest BCUT2D eigenvalue weighted by molar-refractivity contribution is 5.61. The van der Waals surface area contributed by atoms with Crippen molar-refractivity contribution in [3.8, 4) is 11.6 Å². The molecule has 1 heterocycles. The molecule has 0 bridgehead atoms. The molecule has 0 atom stereocenters. The van der Waals surface area contributed by atoms with E-state index in [4.69, 9.17) is 9.47 Å². The van der Waals surface area contributed by atoms with E-state index in [0.29, 0.717) is 18.9 Å². The summed E-state index contributed by atoms with van der Waals surface area (Å²) in [5.41, 5.74) is 0.755. The van der Waals surface area contributed by atoms with Gasteiger partial charge in [0.25, 0.3) is 0 Å². The van der Waals surface area contributed by atoms with Gasteiger partial charge in [-0.05, 0) is 19.1 Å². The molecule has 0 saturated heterocycles. The third kappa shape index (κ3) is 3.89. The number of hydrogen-bond acceptors (Lipinski definition) is 7. The van der Waals surface area contributed by atoms with Crippen LogP contribution in [0.5, 0.6) is 11.6 Å². The minimum Gasteiger partial charge on any atom is -0.434 e. The van der Waals surface area contributed by atoms with Crippen LogP contribution in [0.2, 0.25) is 0 Å². The molecular weight excluding hydrogens is 288 g/mol. The van der Waals surface area contributed by atoms with E-state index >= 15 is 0 Å². The Hall–Kier alpha value is -2.74. The maximum absolute atomic E-state index is 11.3. The van der Waals surface area contributed by atoms with Gasteiger partial charge >= 0.3 is 11.6 Å². The van der Waals surface area contributed by atoms with Crippen molar-refractivity contribution < 1.29 is 14.4 Å². The fourth-order valence-electron chi connectivity index (χ4n) is 1.72. The molecule has 8 nitrogen and oxygen atoms in total. The van der Waals surface area contributed by atoms with Gasteiger partial charge in [-0.15, -0.1) is 0 Å². The van der Waals surface area contributed by atoms with E-state index < -0.39 is 4.92 Å². The maximum Gasteiger partial charge on any atom is 0.373 e. The summed E-state index contributed by atoms with van der Waals surface area (Å²) in [7, 11) is 1.54. The molecule has 0 fully saturated rings. The standard InChI is InChI=1S/C14H16N4O4/c1-10-3-5-11(6-4-10)22-14-12(18(19)20)13(16-9-17-14)15-7-8-21-2/h3-6,9H,7-8H2,1-2H3,(H,15,16,17). The van der Waals surface area contributed by atoms with Crippen molar-refractivity contribution >= 4 is 11.5 Å². The molecule has 0 aliphatic heterocycles. The SMILES string of the molecule is COCCNc1ncnc(Oc2ccc(C)cc2)c1[N+](=O)[O-]. The molecule has 2 rings (SSSR count). The number of hydrogen-bond donors (Lipinski definition) is 1. The van der Waals surface area contributed by atoms with Crippen LogP contribution in [0.1, 0.15) is 5.56 Å². The van der Waals surface area contributed by atoms with Gasteiger partial charge in [-0.25, -0.2) is 4.98 Å². The third-order valence-electron chi connectivity index (χ3n) is 2.81. The largest absolute Gasteiger partial charge is 0.434 e. The molecule has 0 amide bonds. The smallest absolute Gasteiger partial charge is 0.373 e. The monoisotopic (exact) mass is 304 g/mol. The van der Waals surface area contributed by atoms with Gasteiger partial charge in [0.2, 0.25) is 5.82 Å². The van der Waals surface area contributed by atoms with Crippen LogP contribution in [0.25, 0.3) is 0 Å². The zero-order valence-corrected chi connectivity index (χ0v) is 12.3. The minimum absolute atomic E-state index is 0.0964. The van der Waals surface area contributed by atoms with E-state index in [1.165, 1.54) is 6.33 Å². The molecule has 1 aromatic carbocycles. The molecule has 2 aromatic rings. The van der Waals surface area contributed by atoms with E-state index in [-0.39, 0.29) is 17.4 Å². The number of benzene rings is 1. The van der Waals surface area contributed by atoms with Crippen molar-refractivity contribution in [3.05, 3.63) is 46.3 Å². The lowest BCUT2D eigenvalue weighted by molar-refractivity contribution is -0.385. The van der Waals surface area contributed by atoms with Crippen LogP contribution in [0.3, 0.4) is 0 Å². The number of nitrogens with zero attached hydrogens (tertiary/aromatic N) is 3. The van der Waals surface area contributed by atoms with Gasteiger partial charge in [0.1, 0.15) is 12.1 Å². The molecule has 0 unspecified atom stereocenters. The number of rotatable bonds is 7. The molecule has 116 valence electrons. The van der Waals surface area contributed by atoms with Crippen LogP contribution in [-0.4, -0.2) is 35.2 Å². The molecule has 8 heteroatoms. The second-order valence-electron chi connectivity index (χ2n) is 4.47. The fraction of sp³-hybridized carbons (Fsp3) is 0.286. The first-order chi connectivity index (χ1) is 10.6. The van der Waals surface area contributed by atoms with Gasteiger partial charge < -0.3 is 14.8 Å². The molecule has 0 aliphatic carbocycles. The fourth-order valence-corrected chi connectivity index (χ4v) is 1.72. The van der Waals surface area contributed by atoms with Gasteiger partial charge in [-0.3, -0.25) is 10.1 Å². The van der Waals surface area contributed by atoms with Gasteiger partial charge in [0.05, 0.1) is 11.5 Å². The summed E-state index contributed by atoms with van der Waals surface area (Å²) in [6.45, 7) is 2.72. The zero-order valence-electron chi connectivity index (χ0n) is 12.3. The van der Waals surface area contributed by atoms with Gasteiger partial charge in [-0.1, -0.05) is 17.7 Å². The van der Waals surface area contributed by atoms with Gasteiger partial charge in [0, 0.05) is 13.7 Å². The Morgan fingerprint density at radius 2 is 2.00 bits per heavy atom. The van der Waals surface area contributed by atoms with Gasteiger partial charge in [0.15, 0.2) is 0 Å². The molecule has 0 aliphatic rings. The first-order valence-electron chi connectivity index (χ1n) is 6.58. The average Bonchev–Trinajstić information content (AvgIpc) is 2.50. The van der Waals surface area contributed by atoms with Crippen molar-refractivity contribution in [1.82, 2.24) is 9.97 Å². The molecule has 1 N–H and O–H groups in total. The van der Waals surface area contributed by atoms with Crippen molar-refractivity contribution in [2.24, 2.45) is 0 Å². The maximum atomic E-state index is 11.3. The Balaban J connectivity index is 2.27. The van der Waals surface area contributed by atoms with Crippen molar-refractivity contribution in [1.29, 1.82) is 0 Å². The molecular formula is C14H16N4O4. The highest BCUT2D eigenvalue weighted by Gasteiger charge is 2.24. The quantitative estimate of drug-likeness (QED) is 0.476. The Morgan fingerprint density at radius 3 is 2.64 bits per heavy atom. The summed E-state index contributed by atoms with van der Waals surface area (Å²) < 4.78 is 10.4. The Morgan fingerprint density at radius 1 is 1.27 bits per heavy atom. The highest BCUT2D eigenvalue weighted by Crippen LogP contribution is 2.33. The summed E-state index contributed by atoms with van der Waals surface area (Å²) in [6.07, 6.45) is 1.21. The van der Waals surface area contributed by atoms with Crippen LogP contribution in [-0.2, 0) is 4.74 Å². The summed E-state index contributed by atoms with van der Waals surface area (Å²) in [4.78, 5) is 18.5. The van der Waals surface area contributed by atoms with E-state index in [1.54, 1.807) is 19.2 Å². The molecule has 22 heavy (non-hydrogen) atoms. The number of nitro groups is 1. The average molecular weight is 304 g/mol. The van der Waals surface area contributed by atoms with Crippen LogP contribution in [0.4, 0.5) is 11.5 Å². The van der Waals surface area contributed by atoms with E-state index in [9.17, 15) is 10.1 Å². The van der Waals surface area contributed by atoms with Gasteiger partial charge in [-0.2, -0.15) is 4.98 Å². The van der Waals surface area contributed by atoms with Crippen molar-refractivity contribution in [2.45, 2.75) is 6.92 Å². The second-order valence-corrected chi connectivity index (χ2v) is 4.47. The van der Waals surface area contributed by atoms with E-state index in [0.717, 1.165) is 5.56 Å². The Labute approximate surface area is 127 Å².